The Morgan fingerprint density at radius 3 is 2.65 bits per heavy atom. The lowest BCUT2D eigenvalue weighted by molar-refractivity contribution is -0.117. The topological polar surface area (TPSA) is 130 Å². The Labute approximate surface area is 196 Å². The molecule has 3 heterocycles. The highest BCUT2D eigenvalue weighted by Gasteiger charge is 2.27. The van der Waals surface area contributed by atoms with Crippen molar-refractivity contribution < 1.29 is 17.9 Å². The average molecular weight is 481 g/mol. The largest absolute Gasteiger partial charge is 0.379 e. The molecule has 176 valence electrons. The fourth-order valence-corrected chi connectivity index (χ4v) is 5.59. The third-order valence-corrected chi connectivity index (χ3v) is 7.85. The second kappa shape index (κ2) is 9.09. The van der Waals surface area contributed by atoms with Crippen molar-refractivity contribution in [3.05, 3.63) is 54.1 Å². The number of nitrogens with zero attached hydrogens (tertiary/aromatic N) is 4. The first-order valence-corrected chi connectivity index (χ1v) is 12.5. The molecule has 2 aromatic carbocycles. The van der Waals surface area contributed by atoms with Gasteiger partial charge in [-0.25, -0.2) is 8.42 Å². The van der Waals surface area contributed by atoms with Crippen molar-refractivity contribution in [3.8, 4) is 0 Å². The molecule has 0 saturated carbocycles. The van der Waals surface area contributed by atoms with Gasteiger partial charge in [-0.1, -0.05) is 37.3 Å². The van der Waals surface area contributed by atoms with E-state index in [4.69, 9.17) is 4.74 Å². The monoisotopic (exact) mass is 480 g/mol. The van der Waals surface area contributed by atoms with E-state index in [1.54, 1.807) is 18.2 Å². The molecule has 0 spiro atoms. The molecule has 1 saturated heterocycles. The summed E-state index contributed by atoms with van der Waals surface area (Å²) < 4.78 is 32.8. The summed E-state index contributed by atoms with van der Waals surface area (Å²) in [6.07, 6.45) is 0.623. The van der Waals surface area contributed by atoms with Crippen molar-refractivity contribution in [2.45, 2.75) is 24.2 Å². The summed E-state index contributed by atoms with van der Waals surface area (Å²) in [6, 6.07) is 14.4. The third-order valence-electron chi connectivity index (χ3n) is 5.96. The molecule has 5 rings (SSSR count). The molecule has 11 heteroatoms. The van der Waals surface area contributed by atoms with Gasteiger partial charge in [0.2, 0.25) is 15.9 Å². The van der Waals surface area contributed by atoms with Crippen LogP contribution in [-0.2, 0) is 19.6 Å². The fourth-order valence-electron chi connectivity index (χ4n) is 4.15. The molecule has 1 amide bonds. The van der Waals surface area contributed by atoms with E-state index in [1.165, 1.54) is 4.31 Å². The van der Waals surface area contributed by atoms with Crippen LogP contribution >= 0.6 is 0 Å². The average Bonchev–Trinajstić information content (AvgIpc) is 3.22. The van der Waals surface area contributed by atoms with Crippen molar-refractivity contribution in [2.24, 2.45) is 0 Å². The van der Waals surface area contributed by atoms with Gasteiger partial charge < -0.3 is 9.72 Å². The Balaban J connectivity index is 1.44. The van der Waals surface area contributed by atoms with Crippen LogP contribution in [0.2, 0.25) is 0 Å². The van der Waals surface area contributed by atoms with Crippen molar-refractivity contribution in [1.29, 1.82) is 0 Å². The van der Waals surface area contributed by atoms with Crippen molar-refractivity contribution in [1.82, 2.24) is 24.5 Å². The predicted octanol–water partition coefficient (Wildman–Crippen LogP) is 2.66. The highest BCUT2D eigenvalue weighted by atomic mass is 32.2. The standard InChI is InChI=1S/C23H24N6O4S/c1-2-17(15-6-4-3-5-7-15)22(30)26-23-25-21-20(27-28-23)18-14-16(8-9-19(18)24-21)34(31,32)29-10-12-33-13-11-29/h3-9,14,17H,2,10-13H2,1H3,(H2,24,25,26,28,30). The van der Waals surface area contributed by atoms with Crippen LogP contribution in [0.25, 0.3) is 22.1 Å². The Morgan fingerprint density at radius 2 is 1.91 bits per heavy atom. The van der Waals surface area contributed by atoms with Crippen LogP contribution in [0.1, 0.15) is 24.8 Å². The van der Waals surface area contributed by atoms with Crippen molar-refractivity contribution in [3.63, 3.8) is 0 Å². The van der Waals surface area contributed by atoms with Gasteiger partial charge in [-0.3, -0.25) is 10.1 Å². The lowest BCUT2D eigenvalue weighted by Crippen LogP contribution is -2.40. The van der Waals surface area contributed by atoms with Crippen LogP contribution in [0.3, 0.4) is 0 Å². The summed E-state index contributed by atoms with van der Waals surface area (Å²) in [5.74, 6) is -0.472. The van der Waals surface area contributed by atoms with E-state index in [9.17, 15) is 13.2 Å². The first-order valence-electron chi connectivity index (χ1n) is 11.1. The molecule has 0 radical (unpaired) electrons. The molecule has 2 N–H and O–H groups in total. The third kappa shape index (κ3) is 4.13. The van der Waals surface area contributed by atoms with E-state index in [2.05, 4.69) is 25.5 Å². The highest BCUT2D eigenvalue weighted by Crippen LogP contribution is 2.27. The van der Waals surface area contributed by atoms with Crippen LogP contribution in [0.5, 0.6) is 0 Å². The van der Waals surface area contributed by atoms with Crippen molar-refractivity contribution in [2.75, 3.05) is 31.6 Å². The minimum atomic E-state index is -3.65. The number of aromatic amines is 1. The number of aromatic nitrogens is 4. The highest BCUT2D eigenvalue weighted by molar-refractivity contribution is 7.89. The number of carbonyl (C=O) groups is 1. The molecule has 34 heavy (non-hydrogen) atoms. The van der Waals surface area contributed by atoms with Crippen LogP contribution in [0.4, 0.5) is 5.95 Å². The maximum atomic E-state index is 13.0. The second-order valence-electron chi connectivity index (χ2n) is 8.04. The Bertz CT molecular complexity index is 1450. The predicted molar refractivity (Wildman–Crippen MR) is 127 cm³/mol. The quantitative estimate of drug-likeness (QED) is 0.434. The number of amides is 1. The van der Waals surface area contributed by atoms with Gasteiger partial charge in [0.1, 0.15) is 5.52 Å². The minimum absolute atomic E-state index is 0.0830. The molecule has 1 atom stereocenters. The van der Waals surface area contributed by atoms with Crippen molar-refractivity contribution >= 4 is 43.9 Å². The van der Waals surface area contributed by atoms with Crippen LogP contribution in [0, 0.1) is 0 Å². The van der Waals surface area contributed by atoms with E-state index in [-0.39, 0.29) is 22.7 Å². The summed E-state index contributed by atoms with van der Waals surface area (Å²) in [5.41, 5.74) is 2.43. The normalized spacial score (nSPS) is 16.0. The maximum Gasteiger partial charge on any atom is 0.251 e. The maximum absolute atomic E-state index is 13.0. The van der Waals surface area contributed by atoms with Gasteiger partial charge in [0.15, 0.2) is 5.65 Å². The molecule has 0 aliphatic carbocycles. The molecule has 2 aromatic heterocycles. The first kappa shape index (κ1) is 22.4. The molecule has 0 bridgehead atoms. The smallest absolute Gasteiger partial charge is 0.251 e. The number of morpholine rings is 1. The summed E-state index contributed by atoms with van der Waals surface area (Å²) in [6.45, 7) is 3.34. The molecule has 1 aliphatic rings. The number of carbonyl (C=O) groups excluding carboxylic acids is 1. The second-order valence-corrected chi connectivity index (χ2v) is 9.98. The number of benzene rings is 2. The number of H-pyrrole nitrogens is 1. The van der Waals surface area contributed by atoms with E-state index >= 15 is 0 Å². The number of fused-ring (bicyclic) bond motifs is 3. The summed E-state index contributed by atoms with van der Waals surface area (Å²) in [4.78, 5) is 20.6. The Morgan fingerprint density at radius 1 is 1.15 bits per heavy atom. The Hall–Kier alpha value is -3.41. The molecular weight excluding hydrogens is 456 g/mol. The lowest BCUT2D eigenvalue weighted by Gasteiger charge is -2.26. The van der Waals surface area contributed by atoms with Gasteiger partial charge in [-0.15, -0.1) is 10.2 Å². The molecule has 1 unspecified atom stereocenters. The van der Waals surface area contributed by atoms with Gasteiger partial charge in [-0.2, -0.15) is 9.29 Å². The SMILES string of the molecule is CCC(C(=O)Nc1nnc2c(n1)[nH]c1ccc(S(=O)(=O)N3CCOCC3)cc12)c1ccccc1. The van der Waals surface area contributed by atoms with E-state index in [1.807, 2.05) is 37.3 Å². The molecule has 4 aromatic rings. The van der Waals surface area contributed by atoms with Gasteiger partial charge in [0.25, 0.3) is 5.95 Å². The number of nitrogens with one attached hydrogen (secondary N) is 2. The fraction of sp³-hybridized carbons (Fsp3) is 0.304. The first-order chi connectivity index (χ1) is 16.5. The van der Waals surface area contributed by atoms with E-state index in [0.717, 1.165) is 5.56 Å². The zero-order valence-corrected chi connectivity index (χ0v) is 19.4. The van der Waals surface area contributed by atoms with Gasteiger partial charge >= 0.3 is 0 Å². The number of hydrogen-bond acceptors (Lipinski definition) is 7. The number of hydrogen-bond donors (Lipinski definition) is 2. The van der Waals surface area contributed by atoms with E-state index < -0.39 is 10.0 Å². The van der Waals surface area contributed by atoms with Crippen LogP contribution in [-0.4, -0.2) is 65.1 Å². The van der Waals surface area contributed by atoms with Crippen LogP contribution in [0.15, 0.2) is 53.4 Å². The molecule has 1 aliphatic heterocycles. The number of anilines is 1. The molecule has 1 fully saturated rings. The molecular formula is C23H24N6O4S. The zero-order valence-electron chi connectivity index (χ0n) is 18.6. The van der Waals surface area contributed by atoms with Gasteiger partial charge in [-0.05, 0) is 30.2 Å². The van der Waals surface area contributed by atoms with Crippen LogP contribution < -0.4 is 5.32 Å². The van der Waals surface area contributed by atoms with Gasteiger partial charge in [0.05, 0.1) is 24.0 Å². The zero-order chi connectivity index (χ0) is 23.7. The minimum Gasteiger partial charge on any atom is -0.379 e. The number of ether oxygens (including phenoxy) is 1. The lowest BCUT2D eigenvalue weighted by atomic mass is 9.96. The summed E-state index contributed by atoms with van der Waals surface area (Å²) >= 11 is 0. The van der Waals surface area contributed by atoms with E-state index in [0.29, 0.717) is 54.8 Å². The Kier molecular flexibility index (Phi) is 5.98. The summed E-state index contributed by atoms with van der Waals surface area (Å²) in [5, 5.41) is 11.6. The number of rotatable bonds is 6. The van der Waals surface area contributed by atoms with Gasteiger partial charge in [0, 0.05) is 24.0 Å². The summed E-state index contributed by atoms with van der Waals surface area (Å²) in [7, 11) is -3.65. The number of sulfonamides is 1. The molecule has 10 nitrogen and oxygen atoms in total.